The quantitative estimate of drug-likeness (QED) is 0.723. The maximum Gasteiger partial charge on any atom is 0.257 e. The van der Waals surface area contributed by atoms with E-state index in [1.165, 1.54) is 5.56 Å². The van der Waals surface area contributed by atoms with Gasteiger partial charge >= 0.3 is 0 Å². The van der Waals surface area contributed by atoms with Crippen LogP contribution in [0.5, 0.6) is 0 Å². The summed E-state index contributed by atoms with van der Waals surface area (Å²) in [7, 11) is 0. The van der Waals surface area contributed by atoms with Gasteiger partial charge in [-0.05, 0) is 37.7 Å². The van der Waals surface area contributed by atoms with Crippen molar-refractivity contribution < 1.29 is 9.53 Å². The van der Waals surface area contributed by atoms with Crippen LogP contribution in [0.25, 0.3) is 0 Å². The Kier molecular flexibility index (Phi) is 3.54. The molecule has 3 nitrogen and oxygen atoms in total. The molecule has 1 amide bonds. The predicted octanol–water partition coefficient (Wildman–Crippen LogP) is 4.26. The van der Waals surface area contributed by atoms with Crippen LogP contribution in [0.3, 0.4) is 0 Å². The van der Waals surface area contributed by atoms with Crippen molar-refractivity contribution in [3.05, 3.63) is 82.9 Å². The molecule has 1 fully saturated rings. The standard InChI is InChI=1S/C23H23NO2/c1-16-10-12-19(13-11-16)23-21-9-5-4-8-20(21)22(25)24(23)14-17-6-2-3-7-18(17)15-26-23/h2-5,8-13,17-18H,6-7,14-15H2,1H3/t17-,18-,23+/m0/s1. The fourth-order valence-electron chi connectivity index (χ4n) is 4.76. The molecule has 2 aliphatic heterocycles. The highest BCUT2D eigenvalue weighted by atomic mass is 16.5. The number of hydrogen-bond acceptors (Lipinski definition) is 2. The number of ether oxygens (including phenoxy) is 1. The Bertz CT molecular complexity index is 885. The number of carbonyl (C=O) groups excluding carboxylic acids is 1. The van der Waals surface area contributed by atoms with E-state index >= 15 is 0 Å². The highest BCUT2D eigenvalue weighted by Crippen LogP contribution is 2.49. The Morgan fingerprint density at radius 2 is 1.73 bits per heavy atom. The summed E-state index contributed by atoms with van der Waals surface area (Å²) in [5, 5.41) is 0. The summed E-state index contributed by atoms with van der Waals surface area (Å²) in [6, 6.07) is 16.4. The predicted molar refractivity (Wildman–Crippen MR) is 101 cm³/mol. The molecule has 0 saturated carbocycles. The van der Waals surface area contributed by atoms with Crippen LogP contribution in [-0.4, -0.2) is 24.0 Å². The van der Waals surface area contributed by atoms with Gasteiger partial charge in [0.15, 0.2) is 5.72 Å². The minimum atomic E-state index is -0.793. The summed E-state index contributed by atoms with van der Waals surface area (Å²) in [5.41, 5.74) is 3.23. The largest absolute Gasteiger partial charge is 0.347 e. The first kappa shape index (κ1) is 15.8. The van der Waals surface area contributed by atoms with Gasteiger partial charge < -0.3 is 9.64 Å². The second-order valence-corrected chi connectivity index (χ2v) is 7.75. The lowest BCUT2D eigenvalue weighted by molar-refractivity contribution is -0.0998. The van der Waals surface area contributed by atoms with Crippen molar-refractivity contribution in [3.8, 4) is 0 Å². The number of fused-ring (bicyclic) bond motifs is 4. The first-order valence-corrected chi connectivity index (χ1v) is 9.48. The Labute approximate surface area is 154 Å². The topological polar surface area (TPSA) is 29.5 Å². The van der Waals surface area contributed by atoms with Crippen molar-refractivity contribution in [2.45, 2.75) is 25.5 Å². The van der Waals surface area contributed by atoms with E-state index in [0.29, 0.717) is 18.4 Å². The van der Waals surface area contributed by atoms with Crippen molar-refractivity contribution in [1.29, 1.82) is 0 Å². The summed E-state index contributed by atoms with van der Waals surface area (Å²) in [6.07, 6.45) is 6.58. The smallest absolute Gasteiger partial charge is 0.257 e. The third-order valence-electron chi connectivity index (χ3n) is 6.23. The lowest BCUT2D eigenvalue weighted by Crippen LogP contribution is -2.47. The Morgan fingerprint density at radius 3 is 2.54 bits per heavy atom. The number of allylic oxidation sites excluding steroid dienone is 2. The summed E-state index contributed by atoms with van der Waals surface area (Å²) >= 11 is 0. The molecule has 0 bridgehead atoms. The van der Waals surface area contributed by atoms with E-state index in [9.17, 15) is 4.79 Å². The van der Waals surface area contributed by atoms with Crippen LogP contribution >= 0.6 is 0 Å². The minimum Gasteiger partial charge on any atom is -0.347 e. The van der Waals surface area contributed by atoms with E-state index in [2.05, 4.69) is 49.4 Å². The second kappa shape index (κ2) is 5.82. The third-order valence-corrected chi connectivity index (χ3v) is 6.23. The van der Waals surface area contributed by atoms with E-state index in [1.54, 1.807) is 0 Å². The molecule has 3 atom stereocenters. The van der Waals surface area contributed by atoms with Crippen molar-refractivity contribution in [3.63, 3.8) is 0 Å². The summed E-state index contributed by atoms with van der Waals surface area (Å²) in [4.78, 5) is 15.3. The number of amides is 1. The molecule has 2 heterocycles. The third kappa shape index (κ3) is 2.13. The lowest BCUT2D eigenvalue weighted by atomic mass is 9.83. The van der Waals surface area contributed by atoms with Crippen molar-refractivity contribution in [1.82, 2.24) is 4.90 Å². The minimum absolute atomic E-state index is 0.0939. The average molecular weight is 345 g/mol. The van der Waals surface area contributed by atoms with Crippen LogP contribution in [0.2, 0.25) is 0 Å². The van der Waals surface area contributed by atoms with Crippen LogP contribution in [0.4, 0.5) is 0 Å². The number of nitrogens with zero attached hydrogens (tertiary/aromatic N) is 1. The Morgan fingerprint density at radius 1 is 1.00 bits per heavy atom. The van der Waals surface area contributed by atoms with Gasteiger partial charge in [0, 0.05) is 23.2 Å². The molecule has 3 heteroatoms. The number of aryl methyl sites for hydroxylation is 1. The molecule has 0 N–H and O–H groups in total. The molecule has 0 radical (unpaired) electrons. The second-order valence-electron chi connectivity index (χ2n) is 7.75. The van der Waals surface area contributed by atoms with Gasteiger partial charge in [-0.25, -0.2) is 0 Å². The molecule has 0 unspecified atom stereocenters. The summed E-state index contributed by atoms with van der Waals surface area (Å²) in [5.74, 6) is 1.04. The van der Waals surface area contributed by atoms with E-state index in [-0.39, 0.29) is 5.91 Å². The number of benzene rings is 2. The number of hydrogen-bond donors (Lipinski definition) is 0. The molecule has 1 saturated heterocycles. The highest BCUT2D eigenvalue weighted by Gasteiger charge is 2.54. The van der Waals surface area contributed by atoms with Gasteiger partial charge in [-0.1, -0.05) is 60.2 Å². The number of rotatable bonds is 1. The monoisotopic (exact) mass is 345 g/mol. The van der Waals surface area contributed by atoms with Gasteiger partial charge in [-0.3, -0.25) is 4.79 Å². The molecule has 2 aromatic carbocycles. The average Bonchev–Trinajstić information content (AvgIpc) is 2.81. The molecular formula is C23H23NO2. The zero-order chi connectivity index (χ0) is 17.7. The molecule has 2 aromatic rings. The van der Waals surface area contributed by atoms with Crippen molar-refractivity contribution in [2.24, 2.45) is 11.8 Å². The van der Waals surface area contributed by atoms with Gasteiger partial charge in [0.05, 0.1) is 6.61 Å². The first-order valence-electron chi connectivity index (χ1n) is 9.48. The van der Waals surface area contributed by atoms with Crippen LogP contribution in [0, 0.1) is 18.8 Å². The molecule has 0 spiro atoms. The SMILES string of the molecule is Cc1ccc([C@]23OC[C@@H]4CC=CC[C@H]4CN2C(=O)c2ccccc23)cc1. The first-order chi connectivity index (χ1) is 12.7. The van der Waals surface area contributed by atoms with Crippen LogP contribution < -0.4 is 0 Å². The molecule has 0 aromatic heterocycles. The van der Waals surface area contributed by atoms with E-state index < -0.39 is 5.72 Å². The van der Waals surface area contributed by atoms with E-state index in [4.69, 9.17) is 4.74 Å². The van der Waals surface area contributed by atoms with Gasteiger partial charge in [0.25, 0.3) is 5.91 Å². The zero-order valence-corrected chi connectivity index (χ0v) is 15.0. The summed E-state index contributed by atoms with van der Waals surface area (Å²) < 4.78 is 6.68. The fraction of sp³-hybridized carbons (Fsp3) is 0.348. The fourth-order valence-corrected chi connectivity index (χ4v) is 4.76. The van der Waals surface area contributed by atoms with Gasteiger partial charge in [-0.2, -0.15) is 0 Å². The molecule has 132 valence electrons. The molecule has 1 aliphatic carbocycles. The Hall–Kier alpha value is -2.39. The maximum atomic E-state index is 13.3. The lowest BCUT2D eigenvalue weighted by Gasteiger charge is -2.38. The maximum absolute atomic E-state index is 13.3. The van der Waals surface area contributed by atoms with Crippen LogP contribution in [0.1, 0.15) is 39.9 Å². The molecule has 5 rings (SSSR count). The van der Waals surface area contributed by atoms with Gasteiger partial charge in [0.1, 0.15) is 0 Å². The van der Waals surface area contributed by atoms with Crippen molar-refractivity contribution in [2.75, 3.05) is 13.2 Å². The highest BCUT2D eigenvalue weighted by molar-refractivity contribution is 6.00. The molecule has 3 aliphatic rings. The summed E-state index contributed by atoms with van der Waals surface area (Å²) in [6.45, 7) is 3.51. The normalized spacial score (nSPS) is 29.7. The molecular weight excluding hydrogens is 322 g/mol. The van der Waals surface area contributed by atoms with Crippen LogP contribution in [-0.2, 0) is 10.5 Å². The van der Waals surface area contributed by atoms with Gasteiger partial charge in [-0.15, -0.1) is 0 Å². The van der Waals surface area contributed by atoms with Crippen molar-refractivity contribution >= 4 is 5.91 Å². The zero-order valence-electron chi connectivity index (χ0n) is 15.0. The van der Waals surface area contributed by atoms with Gasteiger partial charge in [0.2, 0.25) is 0 Å². The number of carbonyl (C=O) groups is 1. The van der Waals surface area contributed by atoms with E-state index in [1.807, 2.05) is 23.1 Å². The van der Waals surface area contributed by atoms with Crippen LogP contribution in [0.15, 0.2) is 60.7 Å². The Balaban J connectivity index is 1.70. The molecule has 26 heavy (non-hydrogen) atoms. The van der Waals surface area contributed by atoms with E-state index in [0.717, 1.165) is 36.1 Å².